The van der Waals surface area contributed by atoms with Crippen molar-refractivity contribution >= 4 is 17.6 Å². The third kappa shape index (κ3) is 4.83. The topological polar surface area (TPSA) is 40.5 Å². The molecule has 0 aromatic heterocycles. The lowest BCUT2D eigenvalue weighted by Crippen LogP contribution is -2.43. The zero-order chi connectivity index (χ0) is 17.6. The van der Waals surface area contributed by atoms with Crippen LogP contribution in [0.25, 0.3) is 0 Å². The van der Waals surface area contributed by atoms with Crippen LogP contribution < -0.4 is 0 Å². The average Bonchev–Trinajstić information content (AvgIpc) is 2.63. The molecule has 1 aliphatic rings. The van der Waals surface area contributed by atoms with Gasteiger partial charge in [0.25, 0.3) is 0 Å². The molecular formula is C21H24ClNO2. The monoisotopic (exact) mass is 357 g/mol. The van der Waals surface area contributed by atoms with Gasteiger partial charge < -0.3 is 10.0 Å². The Balaban J connectivity index is 1.57. The Kier molecular flexibility index (Phi) is 6.11. The molecule has 3 nitrogen and oxygen atoms in total. The fourth-order valence-electron chi connectivity index (χ4n) is 3.73. The zero-order valence-corrected chi connectivity index (χ0v) is 15.0. The molecule has 0 bridgehead atoms. The molecule has 0 spiro atoms. The van der Waals surface area contributed by atoms with Gasteiger partial charge in [-0.25, -0.2) is 0 Å². The van der Waals surface area contributed by atoms with Crippen molar-refractivity contribution in [1.29, 1.82) is 0 Å². The van der Waals surface area contributed by atoms with E-state index in [0.717, 1.165) is 37.9 Å². The van der Waals surface area contributed by atoms with E-state index >= 15 is 0 Å². The number of piperidine rings is 1. The minimum atomic E-state index is -0.701. The Bertz CT molecular complexity index is 687. The molecule has 25 heavy (non-hydrogen) atoms. The summed E-state index contributed by atoms with van der Waals surface area (Å²) in [7, 11) is 0. The van der Waals surface area contributed by atoms with Crippen LogP contribution in [0.3, 0.4) is 0 Å². The molecule has 0 saturated carbocycles. The first-order chi connectivity index (χ1) is 12.1. The van der Waals surface area contributed by atoms with E-state index in [-0.39, 0.29) is 11.8 Å². The van der Waals surface area contributed by atoms with Crippen LogP contribution in [0.15, 0.2) is 54.6 Å². The Labute approximate surface area is 154 Å². The molecule has 1 saturated heterocycles. The molecule has 1 N–H and O–H groups in total. The second-order valence-electron chi connectivity index (χ2n) is 6.78. The van der Waals surface area contributed by atoms with Gasteiger partial charge in [-0.2, -0.15) is 0 Å². The van der Waals surface area contributed by atoms with Gasteiger partial charge in [-0.05, 0) is 61.5 Å². The highest BCUT2D eigenvalue weighted by Crippen LogP contribution is 2.34. The molecule has 0 amide bonds. The van der Waals surface area contributed by atoms with Crippen LogP contribution in [0.1, 0.15) is 29.9 Å². The molecule has 132 valence electrons. The number of benzene rings is 2. The first kappa shape index (κ1) is 18.0. The van der Waals surface area contributed by atoms with E-state index in [1.807, 2.05) is 30.3 Å². The average molecular weight is 358 g/mol. The van der Waals surface area contributed by atoms with Gasteiger partial charge in [0.2, 0.25) is 0 Å². The lowest BCUT2D eigenvalue weighted by Gasteiger charge is -2.36. The molecule has 1 fully saturated rings. The van der Waals surface area contributed by atoms with Crippen LogP contribution in [0.2, 0.25) is 5.02 Å². The predicted octanol–water partition coefficient (Wildman–Crippen LogP) is 4.46. The zero-order valence-electron chi connectivity index (χ0n) is 14.3. The van der Waals surface area contributed by atoms with Gasteiger partial charge in [0.05, 0.1) is 5.92 Å². The summed E-state index contributed by atoms with van der Waals surface area (Å²) >= 11 is 5.96. The Morgan fingerprint density at radius 3 is 2.52 bits per heavy atom. The summed E-state index contributed by atoms with van der Waals surface area (Å²) in [6, 6.07) is 18.1. The minimum Gasteiger partial charge on any atom is -0.481 e. The van der Waals surface area contributed by atoms with Gasteiger partial charge in [0.1, 0.15) is 0 Å². The van der Waals surface area contributed by atoms with Gasteiger partial charge in [-0.1, -0.05) is 54.1 Å². The van der Waals surface area contributed by atoms with Crippen LogP contribution in [-0.4, -0.2) is 35.6 Å². The predicted molar refractivity (Wildman–Crippen MR) is 101 cm³/mol. The van der Waals surface area contributed by atoms with Crippen LogP contribution in [0.5, 0.6) is 0 Å². The molecule has 2 aromatic rings. The third-order valence-electron chi connectivity index (χ3n) is 5.09. The number of nitrogens with zero attached hydrogens (tertiary/aromatic N) is 1. The number of halogens is 1. The smallest absolute Gasteiger partial charge is 0.308 e. The summed E-state index contributed by atoms with van der Waals surface area (Å²) in [5.41, 5.74) is 2.43. The molecular weight excluding hydrogens is 334 g/mol. The Morgan fingerprint density at radius 1 is 1.12 bits per heavy atom. The highest BCUT2D eigenvalue weighted by atomic mass is 35.5. The summed E-state index contributed by atoms with van der Waals surface area (Å²) in [5, 5.41) is 10.4. The number of aryl methyl sites for hydroxylation is 1. The van der Waals surface area contributed by atoms with Crippen LogP contribution in [0.4, 0.5) is 0 Å². The van der Waals surface area contributed by atoms with E-state index in [1.165, 1.54) is 5.56 Å². The molecule has 2 aromatic carbocycles. The number of likely N-dealkylation sites (tertiary alicyclic amines) is 1. The fraction of sp³-hybridized carbons (Fsp3) is 0.381. The van der Waals surface area contributed by atoms with E-state index in [0.29, 0.717) is 11.6 Å². The minimum absolute atomic E-state index is 0.0696. The SMILES string of the molecule is O=C(O)C1CN(CCCc2ccccc2)CCC1c1ccc(Cl)cc1. The number of hydrogen-bond donors (Lipinski definition) is 1. The number of aliphatic carboxylic acids is 1. The number of hydrogen-bond acceptors (Lipinski definition) is 2. The van der Waals surface area contributed by atoms with E-state index < -0.39 is 5.97 Å². The van der Waals surface area contributed by atoms with Crippen molar-refractivity contribution in [3.63, 3.8) is 0 Å². The van der Waals surface area contributed by atoms with Gasteiger partial charge in [-0.15, -0.1) is 0 Å². The van der Waals surface area contributed by atoms with Crippen molar-refractivity contribution in [3.8, 4) is 0 Å². The highest BCUT2D eigenvalue weighted by Gasteiger charge is 2.34. The largest absolute Gasteiger partial charge is 0.481 e. The molecule has 0 radical (unpaired) electrons. The first-order valence-electron chi connectivity index (χ1n) is 8.88. The fourth-order valence-corrected chi connectivity index (χ4v) is 3.86. The second-order valence-corrected chi connectivity index (χ2v) is 7.22. The Morgan fingerprint density at radius 2 is 1.84 bits per heavy atom. The normalized spacial score (nSPS) is 21.2. The number of carbonyl (C=O) groups is 1. The van der Waals surface area contributed by atoms with E-state index in [9.17, 15) is 9.90 Å². The van der Waals surface area contributed by atoms with Gasteiger partial charge >= 0.3 is 5.97 Å². The maximum Gasteiger partial charge on any atom is 0.308 e. The molecule has 2 unspecified atom stereocenters. The molecule has 2 atom stereocenters. The van der Waals surface area contributed by atoms with Crippen molar-refractivity contribution in [2.24, 2.45) is 5.92 Å². The molecule has 4 heteroatoms. The third-order valence-corrected chi connectivity index (χ3v) is 5.35. The van der Waals surface area contributed by atoms with E-state index in [4.69, 9.17) is 11.6 Å². The van der Waals surface area contributed by atoms with Gasteiger partial charge in [-0.3, -0.25) is 4.79 Å². The summed E-state index contributed by atoms with van der Waals surface area (Å²) < 4.78 is 0. The van der Waals surface area contributed by atoms with Crippen LogP contribution in [0, 0.1) is 5.92 Å². The van der Waals surface area contributed by atoms with Crippen molar-refractivity contribution in [2.45, 2.75) is 25.2 Å². The van der Waals surface area contributed by atoms with Crippen molar-refractivity contribution < 1.29 is 9.90 Å². The van der Waals surface area contributed by atoms with Gasteiger partial charge in [0.15, 0.2) is 0 Å². The molecule has 1 aliphatic heterocycles. The molecule has 1 heterocycles. The van der Waals surface area contributed by atoms with Crippen LogP contribution >= 0.6 is 11.6 Å². The van der Waals surface area contributed by atoms with Crippen molar-refractivity contribution in [3.05, 3.63) is 70.7 Å². The standard InChI is InChI=1S/C21H24ClNO2/c22-18-10-8-17(9-11-18)19-12-14-23(15-20(19)21(24)25)13-4-7-16-5-2-1-3-6-16/h1-3,5-6,8-11,19-20H,4,7,12-15H2,(H,24,25). The van der Waals surface area contributed by atoms with Crippen molar-refractivity contribution in [1.82, 2.24) is 4.90 Å². The highest BCUT2D eigenvalue weighted by molar-refractivity contribution is 6.30. The maximum absolute atomic E-state index is 11.8. The second kappa shape index (κ2) is 8.50. The van der Waals surface area contributed by atoms with Crippen LogP contribution in [-0.2, 0) is 11.2 Å². The van der Waals surface area contributed by atoms with Crippen molar-refractivity contribution in [2.75, 3.05) is 19.6 Å². The number of rotatable bonds is 6. The number of carboxylic acids is 1. The Hall–Kier alpha value is -1.84. The summed E-state index contributed by atoms with van der Waals surface area (Å²) in [6.45, 7) is 2.52. The first-order valence-corrected chi connectivity index (χ1v) is 9.26. The number of carboxylic acid groups (broad SMARTS) is 1. The van der Waals surface area contributed by atoms with Gasteiger partial charge in [0, 0.05) is 11.6 Å². The van der Waals surface area contributed by atoms with E-state index in [1.54, 1.807) is 0 Å². The maximum atomic E-state index is 11.8. The quantitative estimate of drug-likeness (QED) is 0.829. The lowest BCUT2D eigenvalue weighted by atomic mass is 9.80. The lowest BCUT2D eigenvalue weighted by molar-refractivity contribution is -0.144. The van der Waals surface area contributed by atoms with E-state index in [2.05, 4.69) is 29.2 Å². The molecule has 0 aliphatic carbocycles. The summed E-state index contributed by atoms with van der Waals surface area (Å²) in [5.74, 6) is -0.987. The summed E-state index contributed by atoms with van der Waals surface area (Å²) in [4.78, 5) is 14.1. The molecule has 3 rings (SSSR count). The summed E-state index contributed by atoms with van der Waals surface area (Å²) in [6.07, 6.45) is 2.97.